The van der Waals surface area contributed by atoms with E-state index in [0.717, 1.165) is 16.2 Å². The summed E-state index contributed by atoms with van der Waals surface area (Å²) in [5, 5.41) is 8.97. The molecule has 0 aliphatic rings. The Hall–Kier alpha value is -0.710. The lowest BCUT2D eigenvalue weighted by Gasteiger charge is -2.13. The van der Waals surface area contributed by atoms with Gasteiger partial charge in [0.2, 0.25) is 0 Å². The summed E-state index contributed by atoms with van der Waals surface area (Å²) in [5.74, 6) is 0.809. The number of benzene rings is 1. The Bertz CT molecular complexity index is 304. The van der Waals surface area contributed by atoms with Gasteiger partial charge in [0.15, 0.2) is 0 Å². The summed E-state index contributed by atoms with van der Waals surface area (Å²) in [6, 6.07) is 5.36. The van der Waals surface area contributed by atoms with Gasteiger partial charge >= 0.3 is 0 Å². The Labute approximate surface area is 88.3 Å². The molecule has 0 spiro atoms. The van der Waals surface area contributed by atoms with E-state index in [4.69, 9.17) is 15.6 Å². The highest BCUT2D eigenvalue weighted by molar-refractivity contribution is 7.98. The third-order valence-electron chi connectivity index (χ3n) is 2.04. The average Bonchev–Trinajstić information content (AvgIpc) is 2.27. The molecule has 1 atom stereocenters. The molecule has 3 nitrogen and oxygen atoms in total. The topological polar surface area (TPSA) is 55.5 Å². The summed E-state index contributed by atoms with van der Waals surface area (Å²) in [6.45, 7) is -0.0418. The van der Waals surface area contributed by atoms with Crippen molar-refractivity contribution in [1.82, 2.24) is 0 Å². The summed E-state index contributed by atoms with van der Waals surface area (Å²) in [6.07, 6.45) is 1.97. The molecule has 0 radical (unpaired) electrons. The fraction of sp³-hybridized carbons (Fsp3) is 0.400. The van der Waals surface area contributed by atoms with Crippen molar-refractivity contribution < 1.29 is 9.84 Å². The summed E-state index contributed by atoms with van der Waals surface area (Å²) >= 11 is 1.60. The Balaban J connectivity index is 3.04. The monoisotopic (exact) mass is 213 g/mol. The van der Waals surface area contributed by atoms with Gasteiger partial charge in [-0.1, -0.05) is 6.07 Å². The molecular weight excluding hydrogens is 198 g/mol. The molecule has 1 rings (SSSR count). The zero-order valence-electron chi connectivity index (χ0n) is 8.36. The number of aliphatic hydroxyl groups is 1. The normalized spacial score (nSPS) is 12.6. The van der Waals surface area contributed by atoms with Crippen molar-refractivity contribution in [2.45, 2.75) is 10.9 Å². The lowest BCUT2D eigenvalue weighted by molar-refractivity contribution is 0.266. The predicted molar refractivity (Wildman–Crippen MR) is 58.8 cm³/mol. The van der Waals surface area contributed by atoms with Crippen LogP contribution in [0.3, 0.4) is 0 Å². The molecule has 78 valence electrons. The number of hydrogen-bond acceptors (Lipinski definition) is 4. The van der Waals surface area contributed by atoms with Crippen LogP contribution in [-0.2, 0) is 0 Å². The van der Waals surface area contributed by atoms with Crippen LogP contribution in [0.5, 0.6) is 5.75 Å². The molecule has 0 fully saturated rings. The highest BCUT2D eigenvalue weighted by atomic mass is 32.2. The quantitative estimate of drug-likeness (QED) is 0.742. The van der Waals surface area contributed by atoms with Gasteiger partial charge < -0.3 is 15.6 Å². The van der Waals surface area contributed by atoms with Crippen molar-refractivity contribution in [2.75, 3.05) is 20.0 Å². The Morgan fingerprint density at radius 2 is 2.29 bits per heavy atom. The van der Waals surface area contributed by atoms with E-state index >= 15 is 0 Å². The summed E-state index contributed by atoms with van der Waals surface area (Å²) in [4.78, 5) is 1.05. The van der Waals surface area contributed by atoms with Crippen molar-refractivity contribution in [1.29, 1.82) is 0 Å². The van der Waals surface area contributed by atoms with Crippen LogP contribution in [0.1, 0.15) is 11.6 Å². The maximum Gasteiger partial charge on any atom is 0.119 e. The van der Waals surface area contributed by atoms with Crippen molar-refractivity contribution in [3.8, 4) is 5.75 Å². The average molecular weight is 213 g/mol. The first-order valence-electron chi connectivity index (χ1n) is 4.31. The van der Waals surface area contributed by atoms with Crippen molar-refractivity contribution in [2.24, 2.45) is 5.73 Å². The van der Waals surface area contributed by atoms with Crippen molar-refractivity contribution >= 4 is 11.8 Å². The summed E-state index contributed by atoms with van der Waals surface area (Å²) in [7, 11) is 1.63. The van der Waals surface area contributed by atoms with Gasteiger partial charge in [-0.15, -0.1) is 11.8 Å². The SMILES string of the molecule is COc1ccc(C(N)CO)c(SC)c1. The van der Waals surface area contributed by atoms with Crippen LogP contribution in [0.4, 0.5) is 0 Å². The number of thioether (sulfide) groups is 1. The molecule has 0 bridgehead atoms. The zero-order valence-corrected chi connectivity index (χ0v) is 9.17. The molecule has 14 heavy (non-hydrogen) atoms. The molecule has 1 unspecified atom stereocenters. The second kappa shape index (κ2) is 5.24. The van der Waals surface area contributed by atoms with Gasteiger partial charge in [-0.2, -0.15) is 0 Å². The first kappa shape index (κ1) is 11.4. The molecule has 0 aliphatic heterocycles. The molecule has 4 heteroatoms. The molecule has 1 aromatic carbocycles. The highest BCUT2D eigenvalue weighted by Gasteiger charge is 2.10. The minimum absolute atomic E-state index is 0.0418. The maximum absolute atomic E-state index is 8.97. The summed E-state index contributed by atoms with van der Waals surface area (Å²) in [5.41, 5.74) is 6.72. The number of aliphatic hydroxyl groups excluding tert-OH is 1. The molecule has 0 saturated heterocycles. The van der Waals surface area contributed by atoms with E-state index in [1.807, 2.05) is 24.5 Å². The smallest absolute Gasteiger partial charge is 0.119 e. The third kappa shape index (κ3) is 2.41. The maximum atomic E-state index is 8.97. The zero-order chi connectivity index (χ0) is 10.6. The van der Waals surface area contributed by atoms with Crippen molar-refractivity contribution in [3.63, 3.8) is 0 Å². The van der Waals surface area contributed by atoms with E-state index in [1.165, 1.54) is 0 Å². The van der Waals surface area contributed by atoms with E-state index in [1.54, 1.807) is 18.9 Å². The number of hydrogen-bond donors (Lipinski definition) is 2. The molecule has 1 aromatic rings. The fourth-order valence-electron chi connectivity index (χ4n) is 1.22. The van der Waals surface area contributed by atoms with E-state index in [-0.39, 0.29) is 12.6 Å². The Kier molecular flexibility index (Phi) is 4.25. The molecule has 0 heterocycles. The van der Waals surface area contributed by atoms with Crippen LogP contribution in [0, 0.1) is 0 Å². The minimum Gasteiger partial charge on any atom is -0.497 e. The van der Waals surface area contributed by atoms with E-state index in [2.05, 4.69) is 0 Å². The second-order valence-corrected chi connectivity index (χ2v) is 3.75. The van der Waals surface area contributed by atoms with Gasteiger partial charge in [0.25, 0.3) is 0 Å². The Morgan fingerprint density at radius 3 is 2.79 bits per heavy atom. The molecule has 3 N–H and O–H groups in total. The lowest BCUT2D eigenvalue weighted by atomic mass is 10.1. The highest BCUT2D eigenvalue weighted by Crippen LogP contribution is 2.28. The lowest BCUT2D eigenvalue weighted by Crippen LogP contribution is -2.15. The first-order valence-corrected chi connectivity index (χ1v) is 5.53. The predicted octanol–water partition coefficient (Wildman–Crippen LogP) is 1.41. The number of methoxy groups -OCH3 is 1. The molecule has 0 aromatic heterocycles. The van der Waals surface area contributed by atoms with Crippen LogP contribution >= 0.6 is 11.8 Å². The van der Waals surface area contributed by atoms with Crippen molar-refractivity contribution in [3.05, 3.63) is 23.8 Å². The number of rotatable bonds is 4. The van der Waals surface area contributed by atoms with E-state index in [0.29, 0.717) is 0 Å². The van der Waals surface area contributed by atoms with E-state index in [9.17, 15) is 0 Å². The molecule has 0 amide bonds. The largest absolute Gasteiger partial charge is 0.497 e. The fourth-order valence-corrected chi connectivity index (χ4v) is 1.91. The van der Waals surface area contributed by atoms with Crippen LogP contribution in [0.15, 0.2) is 23.1 Å². The molecule has 0 saturated carbocycles. The van der Waals surface area contributed by atoms with Crippen LogP contribution in [0.2, 0.25) is 0 Å². The van der Waals surface area contributed by atoms with Crippen LogP contribution in [0.25, 0.3) is 0 Å². The van der Waals surface area contributed by atoms with Gasteiger partial charge in [0.05, 0.1) is 19.8 Å². The van der Waals surface area contributed by atoms with Crippen LogP contribution in [-0.4, -0.2) is 25.1 Å². The van der Waals surface area contributed by atoms with Gasteiger partial charge in [0, 0.05) is 4.90 Å². The number of nitrogens with two attached hydrogens (primary N) is 1. The van der Waals surface area contributed by atoms with Gasteiger partial charge in [0.1, 0.15) is 5.75 Å². The third-order valence-corrected chi connectivity index (χ3v) is 2.83. The van der Waals surface area contributed by atoms with Gasteiger partial charge in [-0.25, -0.2) is 0 Å². The standard InChI is InChI=1S/C10H15NO2S/c1-13-7-3-4-8(9(11)6-12)10(5-7)14-2/h3-5,9,12H,6,11H2,1-2H3. The second-order valence-electron chi connectivity index (χ2n) is 2.90. The minimum atomic E-state index is -0.316. The molecule has 0 aliphatic carbocycles. The van der Waals surface area contributed by atoms with Crippen LogP contribution < -0.4 is 10.5 Å². The molecular formula is C10H15NO2S. The van der Waals surface area contributed by atoms with E-state index < -0.39 is 0 Å². The van der Waals surface area contributed by atoms with Gasteiger partial charge in [-0.05, 0) is 24.0 Å². The summed E-state index contributed by atoms with van der Waals surface area (Å²) < 4.78 is 5.11. The number of ether oxygens (including phenoxy) is 1. The first-order chi connectivity index (χ1) is 6.72. The Morgan fingerprint density at radius 1 is 1.57 bits per heavy atom. The van der Waals surface area contributed by atoms with Gasteiger partial charge in [-0.3, -0.25) is 0 Å².